The maximum atomic E-state index is 5.93. The second kappa shape index (κ2) is 6.72. The Morgan fingerprint density at radius 2 is 1.73 bits per heavy atom. The first-order chi connectivity index (χ1) is 12.6. The lowest BCUT2D eigenvalue weighted by Crippen LogP contribution is -2.07. The fraction of sp³-hybridized carbons (Fsp3) is 0.0500. The third kappa shape index (κ3) is 3.11. The summed E-state index contributed by atoms with van der Waals surface area (Å²) < 4.78 is 1.84. The summed E-state index contributed by atoms with van der Waals surface area (Å²) in [7, 11) is 0. The van der Waals surface area contributed by atoms with Crippen LogP contribution in [0.3, 0.4) is 0 Å². The van der Waals surface area contributed by atoms with Gasteiger partial charge in [-0.2, -0.15) is 4.98 Å². The van der Waals surface area contributed by atoms with Crippen molar-refractivity contribution in [2.24, 2.45) is 0 Å². The van der Waals surface area contributed by atoms with Gasteiger partial charge in [0, 0.05) is 23.3 Å². The molecule has 0 radical (unpaired) electrons. The number of aromatic nitrogens is 3. The molecule has 26 heavy (non-hydrogen) atoms. The number of fused-ring (bicyclic) bond motifs is 1. The van der Waals surface area contributed by atoms with Gasteiger partial charge in [0.2, 0.25) is 5.95 Å². The largest absolute Gasteiger partial charge is 0.368 e. The predicted molar refractivity (Wildman–Crippen MR) is 109 cm³/mol. The molecule has 0 unspecified atom stereocenters. The van der Waals surface area contributed by atoms with Gasteiger partial charge in [-0.15, -0.1) is 0 Å². The average molecular weight is 406 g/mol. The van der Waals surface area contributed by atoms with Crippen molar-refractivity contribution in [2.45, 2.75) is 6.92 Å². The Hall–Kier alpha value is -2.99. The normalized spacial score (nSPS) is 10.8. The lowest BCUT2D eigenvalue weighted by Gasteiger charge is -2.18. The molecule has 2 aromatic heterocycles. The Bertz CT molecular complexity index is 1080. The summed E-state index contributed by atoms with van der Waals surface area (Å²) in [6.45, 7) is 2.03. The van der Waals surface area contributed by atoms with Gasteiger partial charge in [0.1, 0.15) is 0 Å². The quantitative estimate of drug-likeness (QED) is 0.484. The van der Waals surface area contributed by atoms with Crippen LogP contribution in [0.5, 0.6) is 0 Å². The van der Waals surface area contributed by atoms with Gasteiger partial charge >= 0.3 is 0 Å². The SMILES string of the molecule is Cc1cncc(-c2ccc3nc(N)nc(N(Br)c4ccccc4)c3c2)c1. The number of hydrogen-bond acceptors (Lipinski definition) is 5. The molecule has 0 spiro atoms. The molecule has 0 bridgehead atoms. The number of benzene rings is 2. The zero-order valence-corrected chi connectivity index (χ0v) is 15.7. The molecule has 4 aromatic rings. The molecule has 0 atom stereocenters. The van der Waals surface area contributed by atoms with E-state index in [4.69, 9.17) is 5.73 Å². The van der Waals surface area contributed by atoms with Crippen LogP contribution in [0.1, 0.15) is 5.56 Å². The van der Waals surface area contributed by atoms with Crippen LogP contribution >= 0.6 is 16.1 Å². The van der Waals surface area contributed by atoms with Crippen molar-refractivity contribution in [1.82, 2.24) is 15.0 Å². The van der Waals surface area contributed by atoms with Crippen molar-refractivity contribution in [3.63, 3.8) is 0 Å². The first-order valence-electron chi connectivity index (χ1n) is 8.12. The molecule has 5 nitrogen and oxygen atoms in total. The summed E-state index contributed by atoms with van der Waals surface area (Å²) in [6.07, 6.45) is 3.70. The number of nitrogens with zero attached hydrogens (tertiary/aromatic N) is 4. The molecular weight excluding hydrogens is 390 g/mol. The molecule has 128 valence electrons. The molecule has 2 aromatic carbocycles. The van der Waals surface area contributed by atoms with Crippen molar-refractivity contribution in [2.75, 3.05) is 9.66 Å². The number of anilines is 3. The maximum absolute atomic E-state index is 5.93. The first-order valence-corrected chi connectivity index (χ1v) is 8.83. The molecule has 0 aliphatic rings. The standard InChI is InChI=1S/C20H16BrN5/c1-13-9-15(12-23-11-13)14-7-8-18-17(10-14)19(25-20(22)24-18)26(21)16-5-3-2-4-6-16/h2-12H,1H3,(H2,22,24,25). The highest BCUT2D eigenvalue weighted by atomic mass is 79.9. The van der Waals surface area contributed by atoms with E-state index in [-0.39, 0.29) is 5.95 Å². The Morgan fingerprint density at radius 3 is 2.50 bits per heavy atom. The summed E-state index contributed by atoms with van der Waals surface area (Å²) >= 11 is 3.62. The monoisotopic (exact) mass is 405 g/mol. The van der Waals surface area contributed by atoms with E-state index >= 15 is 0 Å². The van der Waals surface area contributed by atoms with Gasteiger partial charge in [-0.25, -0.2) is 4.98 Å². The number of hydrogen-bond donors (Lipinski definition) is 1. The number of rotatable bonds is 3. The van der Waals surface area contributed by atoms with Crippen LogP contribution in [0.15, 0.2) is 67.0 Å². The number of aryl methyl sites for hydroxylation is 1. The summed E-state index contributed by atoms with van der Waals surface area (Å²) in [5.74, 6) is 0.930. The van der Waals surface area contributed by atoms with E-state index in [1.54, 1.807) is 0 Å². The van der Waals surface area contributed by atoms with Crippen LogP contribution in [0.2, 0.25) is 0 Å². The van der Waals surface area contributed by atoms with Gasteiger partial charge in [0.25, 0.3) is 0 Å². The van der Waals surface area contributed by atoms with E-state index in [9.17, 15) is 0 Å². The number of halogens is 1. The Balaban J connectivity index is 1.90. The smallest absolute Gasteiger partial charge is 0.222 e. The zero-order chi connectivity index (χ0) is 18.1. The summed E-state index contributed by atoms with van der Waals surface area (Å²) in [5.41, 5.74) is 10.9. The highest BCUT2D eigenvalue weighted by Gasteiger charge is 2.15. The third-order valence-corrected chi connectivity index (χ3v) is 4.82. The van der Waals surface area contributed by atoms with Crippen molar-refractivity contribution >= 4 is 44.5 Å². The van der Waals surface area contributed by atoms with Crippen LogP contribution < -0.4 is 9.66 Å². The number of pyridine rings is 1. The highest BCUT2D eigenvalue weighted by molar-refractivity contribution is 9.10. The molecule has 2 heterocycles. The second-order valence-corrected chi connectivity index (χ2v) is 6.71. The van der Waals surface area contributed by atoms with E-state index in [1.807, 2.05) is 65.7 Å². The Kier molecular flexibility index (Phi) is 4.26. The Morgan fingerprint density at radius 1 is 0.923 bits per heavy atom. The van der Waals surface area contributed by atoms with Crippen LogP contribution in [0.25, 0.3) is 22.0 Å². The number of nitrogens with two attached hydrogens (primary N) is 1. The van der Waals surface area contributed by atoms with Crippen LogP contribution in [-0.2, 0) is 0 Å². The topological polar surface area (TPSA) is 67.9 Å². The van der Waals surface area contributed by atoms with E-state index in [0.29, 0.717) is 5.82 Å². The second-order valence-electron chi connectivity index (χ2n) is 6.00. The molecule has 2 N–H and O–H groups in total. The van der Waals surface area contributed by atoms with Gasteiger partial charge in [-0.3, -0.25) is 8.91 Å². The fourth-order valence-corrected chi connectivity index (χ4v) is 3.36. The third-order valence-electron chi connectivity index (χ3n) is 4.07. The lowest BCUT2D eigenvalue weighted by molar-refractivity contribution is 1.21. The fourth-order valence-electron chi connectivity index (χ4n) is 2.85. The predicted octanol–water partition coefficient (Wildman–Crippen LogP) is 5.03. The van der Waals surface area contributed by atoms with E-state index in [2.05, 4.69) is 43.2 Å². The van der Waals surface area contributed by atoms with Gasteiger partial charge in [0.05, 0.1) is 27.4 Å². The Labute approximate surface area is 159 Å². The first kappa shape index (κ1) is 16.5. The molecule has 0 aliphatic heterocycles. The van der Waals surface area contributed by atoms with Gasteiger partial charge in [-0.1, -0.05) is 24.3 Å². The van der Waals surface area contributed by atoms with Gasteiger partial charge < -0.3 is 5.73 Å². The van der Waals surface area contributed by atoms with Crippen molar-refractivity contribution in [3.8, 4) is 11.1 Å². The summed E-state index contributed by atoms with van der Waals surface area (Å²) in [6, 6.07) is 18.1. The van der Waals surface area contributed by atoms with Crippen LogP contribution in [0, 0.1) is 6.92 Å². The number of para-hydroxylation sites is 1. The minimum atomic E-state index is 0.234. The molecule has 4 rings (SSSR count). The molecule has 0 aliphatic carbocycles. The highest BCUT2D eigenvalue weighted by Crippen LogP contribution is 2.35. The molecule has 0 amide bonds. The lowest BCUT2D eigenvalue weighted by atomic mass is 10.0. The maximum Gasteiger partial charge on any atom is 0.222 e. The van der Waals surface area contributed by atoms with E-state index in [1.165, 1.54) is 0 Å². The van der Waals surface area contributed by atoms with Gasteiger partial charge in [-0.05, 0) is 48.4 Å². The van der Waals surface area contributed by atoms with Crippen molar-refractivity contribution in [1.29, 1.82) is 0 Å². The molecule has 6 heteroatoms. The summed E-state index contributed by atoms with van der Waals surface area (Å²) in [5, 5.41) is 0.902. The number of nitrogen functional groups attached to an aromatic ring is 1. The van der Waals surface area contributed by atoms with Crippen molar-refractivity contribution < 1.29 is 0 Å². The van der Waals surface area contributed by atoms with Crippen molar-refractivity contribution in [3.05, 3.63) is 72.6 Å². The van der Waals surface area contributed by atoms with E-state index in [0.717, 1.165) is 33.3 Å². The average Bonchev–Trinajstić information content (AvgIpc) is 2.67. The molecule has 0 fully saturated rings. The van der Waals surface area contributed by atoms with Gasteiger partial charge in [0.15, 0.2) is 5.82 Å². The summed E-state index contributed by atoms with van der Waals surface area (Å²) in [4.78, 5) is 13.1. The minimum Gasteiger partial charge on any atom is -0.368 e. The molecular formula is C20H16BrN5. The van der Waals surface area contributed by atoms with Crippen LogP contribution in [-0.4, -0.2) is 15.0 Å². The van der Waals surface area contributed by atoms with Crippen LogP contribution in [0.4, 0.5) is 17.5 Å². The van der Waals surface area contributed by atoms with E-state index < -0.39 is 0 Å². The zero-order valence-electron chi connectivity index (χ0n) is 14.1. The molecule has 0 saturated heterocycles. The molecule has 0 saturated carbocycles. The minimum absolute atomic E-state index is 0.234.